The molecule has 0 aliphatic heterocycles. The molecular weight excluding hydrogens is 497 g/mol. The van der Waals surface area contributed by atoms with Crippen molar-refractivity contribution in [2.24, 2.45) is 5.92 Å². The van der Waals surface area contributed by atoms with Gasteiger partial charge >= 0.3 is 0 Å². The van der Waals surface area contributed by atoms with Gasteiger partial charge in [0.25, 0.3) is 0 Å². The van der Waals surface area contributed by atoms with E-state index in [1.54, 1.807) is 6.92 Å². The highest BCUT2D eigenvalue weighted by molar-refractivity contribution is 7.92. The van der Waals surface area contributed by atoms with Crippen molar-refractivity contribution in [2.45, 2.75) is 33.2 Å². The molecule has 10 heteroatoms. The zero-order chi connectivity index (χ0) is 25.5. The molecular formula is C24H31Cl2N3O4S. The van der Waals surface area contributed by atoms with Crippen molar-refractivity contribution >= 4 is 50.7 Å². The fourth-order valence-corrected chi connectivity index (χ4v) is 4.58. The third kappa shape index (κ3) is 8.18. The average Bonchev–Trinajstić information content (AvgIpc) is 2.77. The van der Waals surface area contributed by atoms with Gasteiger partial charge in [0.1, 0.15) is 12.6 Å². The lowest BCUT2D eigenvalue weighted by atomic mass is 10.1. The van der Waals surface area contributed by atoms with Gasteiger partial charge in [-0.3, -0.25) is 13.9 Å². The average molecular weight is 529 g/mol. The van der Waals surface area contributed by atoms with Gasteiger partial charge in [-0.25, -0.2) is 8.42 Å². The normalized spacial score (nSPS) is 12.3. The van der Waals surface area contributed by atoms with E-state index in [1.165, 1.54) is 23.1 Å². The van der Waals surface area contributed by atoms with E-state index in [-0.39, 0.29) is 34.1 Å². The summed E-state index contributed by atoms with van der Waals surface area (Å²) >= 11 is 12.3. The number of amides is 2. The Kier molecular flexibility index (Phi) is 10.2. The summed E-state index contributed by atoms with van der Waals surface area (Å²) in [4.78, 5) is 27.6. The van der Waals surface area contributed by atoms with Crippen LogP contribution in [0.15, 0.2) is 48.5 Å². The van der Waals surface area contributed by atoms with Crippen molar-refractivity contribution in [3.8, 4) is 0 Å². The minimum Gasteiger partial charge on any atom is -0.354 e. The van der Waals surface area contributed by atoms with Gasteiger partial charge in [-0.05, 0) is 43.0 Å². The number of halogens is 2. The summed E-state index contributed by atoms with van der Waals surface area (Å²) in [5, 5.41) is 3.26. The van der Waals surface area contributed by atoms with Gasteiger partial charge in [0.15, 0.2) is 0 Å². The molecule has 1 N–H and O–H groups in total. The van der Waals surface area contributed by atoms with E-state index in [9.17, 15) is 18.0 Å². The van der Waals surface area contributed by atoms with Crippen LogP contribution in [0.2, 0.25) is 10.0 Å². The molecule has 0 unspecified atom stereocenters. The number of nitrogens with zero attached hydrogens (tertiary/aromatic N) is 2. The molecule has 2 rings (SSSR count). The monoisotopic (exact) mass is 527 g/mol. The molecule has 0 aromatic heterocycles. The predicted octanol–water partition coefficient (Wildman–Crippen LogP) is 3.99. The first-order valence-electron chi connectivity index (χ1n) is 10.9. The van der Waals surface area contributed by atoms with E-state index in [0.717, 1.165) is 16.1 Å². The van der Waals surface area contributed by atoms with Crippen LogP contribution in [0.1, 0.15) is 26.3 Å². The molecule has 0 saturated heterocycles. The maximum Gasteiger partial charge on any atom is 0.244 e. The van der Waals surface area contributed by atoms with E-state index >= 15 is 0 Å². The van der Waals surface area contributed by atoms with Gasteiger partial charge in [-0.15, -0.1) is 0 Å². The Morgan fingerprint density at radius 2 is 1.68 bits per heavy atom. The lowest BCUT2D eigenvalue weighted by Gasteiger charge is -2.32. The van der Waals surface area contributed by atoms with Crippen molar-refractivity contribution in [3.63, 3.8) is 0 Å². The summed E-state index contributed by atoms with van der Waals surface area (Å²) in [5.74, 6) is -0.582. The number of nitrogens with one attached hydrogen (secondary N) is 1. The number of sulfonamides is 1. The molecule has 0 aliphatic rings. The van der Waals surface area contributed by atoms with Crippen LogP contribution in [0.5, 0.6) is 0 Å². The molecule has 0 heterocycles. The number of carbonyl (C=O) groups excluding carboxylic acids is 2. The second kappa shape index (κ2) is 12.4. The summed E-state index contributed by atoms with van der Waals surface area (Å²) < 4.78 is 26.1. The Balaban J connectivity index is 2.33. The van der Waals surface area contributed by atoms with Crippen LogP contribution in [-0.2, 0) is 26.0 Å². The van der Waals surface area contributed by atoms with E-state index in [4.69, 9.17) is 23.2 Å². The molecule has 0 fully saturated rings. The summed E-state index contributed by atoms with van der Waals surface area (Å²) in [6, 6.07) is 13.1. The molecule has 0 radical (unpaired) electrons. The standard InChI is InChI=1S/C24H31Cl2N3O4S/c1-17(2)15-27-24(31)18(3)28(13-12-19-8-6-5-7-9-19)23(30)16-29(34(4,32)33)22-14-20(25)10-11-21(22)26/h5-11,14,17-18H,12-13,15-16H2,1-4H3,(H,27,31)/t18-/m1/s1. The van der Waals surface area contributed by atoms with Crippen LogP contribution < -0.4 is 9.62 Å². The van der Waals surface area contributed by atoms with Crippen LogP contribution in [-0.4, -0.2) is 57.1 Å². The fraction of sp³-hybridized carbons (Fsp3) is 0.417. The third-order valence-corrected chi connectivity index (χ3v) is 6.87. The minimum atomic E-state index is -3.88. The van der Waals surface area contributed by atoms with E-state index in [2.05, 4.69) is 5.32 Å². The van der Waals surface area contributed by atoms with Crippen molar-refractivity contribution in [3.05, 3.63) is 64.1 Å². The number of anilines is 1. The van der Waals surface area contributed by atoms with Gasteiger partial charge < -0.3 is 10.2 Å². The maximum atomic E-state index is 13.4. The molecule has 2 aromatic rings. The first-order chi connectivity index (χ1) is 15.9. The molecule has 186 valence electrons. The third-order valence-electron chi connectivity index (χ3n) is 5.19. The first kappa shape index (κ1) is 28.0. The Bertz CT molecular complexity index is 1090. The Labute approximate surface area is 212 Å². The largest absolute Gasteiger partial charge is 0.354 e. The van der Waals surface area contributed by atoms with Crippen LogP contribution in [0, 0.1) is 5.92 Å². The highest BCUT2D eigenvalue weighted by Gasteiger charge is 2.30. The smallest absolute Gasteiger partial charge is 0.244 e. The second-order valence-corrected chi connectivity index (χ2v) is 11.3. The van der Waals surface area contributed by atoms with E-state index < -0.39 is 28.5 Å². The van der Waals surface area contributed by atoms with E-state index in [0.29, 0.717) is 13.0 Å². The lowest BCUT2D eigenvalue weighted by Crippen LogP contribution is -2.52. The number of rotatable bonds is 11. The molecule has 7 nitrogen and oxygen atoms in total. The minimum absolute atomic E-state index is 0.102. The van der Waals surface area contributed by atoms with Crippen molar-refractivity contribution < 1.29 is 18.0 Å². The van der Waals surface area contributed by atoms with Gasteiger partial charge in [-0.2, -0.15) is 0 Å². The Hall–Kier alpha value is -2.29. The van der Waals surface area contributed by atoms with Crippen molar-refractivity contribution in [2.75, 3.05) is 30.2 Å². The Morgan fingerprint density at radius 1 is 1.03 bits per heavy atom. The topological polar surface area (TPSA) is 86.8 Å². The zero-order valence-corrected chi connectivity index (χ0v) is 22.1. The number of hydrogen-bond donors (Lipinski definition) is 1. The van der Waals surface area contributed by atoms with Crippen molar-refractivity contribution in [1.29, 1.82) is 0 Å². The van der Waals surface area contributed by atoms with Crippen LogP contribution in [0.25, 0.3) is 0 Å². The summed E-state index contributed by atoms with van der Waals surface area (Å²) in [6.07, 6.45) is 1.50. The zero-order valence-electron chi connectivity index (χ0n) is 19.8. The molecule has 2 amide bonds. The molecule has 0 saturated carbocycles. The van der Waals surface area contributed by atoms with Gasteiger partial charge in [-0.1, -0.05) is 67.4 Å². The SMILES string of the molecule is CC(C)CNC(=O)[C@@H](C)N(CCc1ccccc1)C(=O)CN(c1cc(Cl)ccc1Cl)S(C)(=O)=O. The van der Waals surface area contributed by atoms with Gasteiger partial charge in [0.05, 0.1) is 17.0 Å². The fourth-order valence-electron chi connectivity index (χ4n) is 3.29. The highest BCUT2D eigenvalue weighted by atomic mass is 35.5. The molecule has 2 aromatic carbocycles. The quantitative estimate of drug-likeness (QED) is 0.478. The molecule has 1 atom stereocenters. The predicted molar refractivity (Wildman–Crippen MR) is 138 cm³/mol. The lowest BCUT2D eigenvalue weighted by molar-refractivity contribution is -0.138. The highest BCUT2D eigenvalue weighted by Crippen LogP contribution is 2.30. The molecule has 0 aliphatic carbocycles. The van der Waals surface area contributed by atoms with Gasteiger partial charge in [0.2, 0.25) is 21.8 Å². The molecule has 34 heavy (non-hydrogen) atoms. The maximum absolute atomic E-state index is 13.4. The van der Waals surface area contributed by atoms with Crippen molar-refractivity contribution in [1.82, 2.24) is 10.2 Å². The number of hydrogen-bond acceptors (Lipinski definition) is 4. The molecule has 0 bridgehead atoms. The number of benzene rings is 2. The number of carbonyl (C=O) groups is 2. The van der Waals surface area contributed by atoms with Crippen LogP contribution >= 0.6 is 23.2 Å². The summed E-state index contributed by atoms with van der Waals surface area (Å²) in [7, 11) is -3.88. The first-order valence-corrected chi connectivity index (χ1v) is 13.5. The second-order valence-electron chi connectivity index (χ2n) is 8.50. The summed E-state index contributed by atoms with van der Waals surface area (Å²) in [5.41, 5.74) is 1.10. The van der Waals surface area contributed by atoms with E-state index in [1.807, 2.05) is 44.2 Å². The van der Waals surface area contributed by atoms with Crippen LogP contribution in [0.3, 0.4) is 0 Å². The van der Waals surface area contributed by atoms with Gasteiger partial charge in [0, 0.05) is 18.1 Å². The Morgan fingerprint density at radius 3 is 2.26 bits per heavy atom. The molecule has 0 spiro atoms. The summed E-state index contributed by atoms with van der Waals surface area (Å²) in [6.45, 7) is 5.77. The van der Waals surface area contributed by atoms with Crippen LogP contribution in [0.4, 0.5) is 5.69 Å².